The van der Waals surface area contributed by atoms with E-state index in [0.29, 0.717) is 0 Å². The molecule has 1 amide bonds. The standard InChI is InChI=1S/C12H18F3N3O2S/c1-6(2)20-8-7(16)9(11(19)18(3)4)21-10(8)17-5-12(13,14)15/h6,17H,5,16H2,1-4H3. The fourth-order valence-corrected chi connectivity index (χ4v) is 2.51. The zero-order valence-electron chi connectivity index (χ0n) is 12.2. The van der Waals surface area contributed by atoms with Crippen LogP contribution in [-0.2, 0) is 0 Å². The molecule has 120 valence electrons. The van der Waals surface area contributed by atoms with Gasteiger partial charge in [0.15, 0.2) is 5.75 Å². The molecule has 0 unspecified atom stereocenters. The molecule has 0 saturated carbocycles. The molecular weight excluding hydrogens is 307 g/mol. The van der Waals surface area contributed by atoms with Crippen molar-refractivity contribution < 1.29 is 22.7 Å². The summed E-state index contributed by atoms with van der Waals surface area (Å²) in [5.41, 5.74) is 5.90. The van der Waals surface area contributed by atoms with E-state index in [0.717, 1.165) is 11.3 Å². The second-order valence-electron chi connectivity index (χ2n) is 4.84. The van der Waals surface area contributed by atoms with Crippen molar-refractivity contribution in [2.75, 3.05) is 31.7 Å². The van der Waals surface area contributed by atoms with Gasteiger partial charge in [0.05, 0.1) is 6.10 Å². The lowest BCUT2D eigenvalue weighted by atomic mass is 10.3. The third kappa shape index (κ3) is 4.69. The lowest BCUT2D eigenvalue weighted by Crippen LogP contribution is -2.21. The van der Waals surface area contributed by atoms with Gasteiger partial charge >= 0.3 is 6.18 Å². The van der Waals surface area contributed by atoms with Crippen LogP contribution in [0.3, 0.4) is 0 Å². The number of amides is 1. The number of nitrogen functional groups attached to an aromatic ring is 1. The molecule has 1 rings (SSSR count). The molecule has 9 heteroatoms. The Hall–Kier alpha value is -1.64. The van der Waals surface area contributed by atoms with Crippen LogP contribution in [0.5, 0.6) is 5.75 Å². The normalized spacial score (nSPS) is 11.6. The number of rotatable bonds is 5. The molecule has 1 aromatic heterocycles. The zero-order chi connectivity index (χ0) is 16.4. The Labute approximate surface area is 124 Å². The van der Waals surface area contributed by atoms with Crippen molar-refractivity contribution in [3.05, 3.63) is 4.88 Å². The highest BCUT2D eigenvalue weighted by Gasteiger charge is 2.30. The molecule has 0 aliphatic carbocycles. The molecule has 0 spiro atoms. The van der Waals surface area contributed by atoms with Crippen LogP contribution in [0.2, 0.25) is 0 Å². The summed E-state index contributed by atoms with van der Waals surface area (Å²) in [6.07, 6.45) is -4.66. The van der Waals surface area contributed by atoms with Crippen LogP contribution in [0.25, 0.3) is 0 Å². The molecule has 0 saturated heterocycles. The van der Waals surface area contributed by atoms with Crippen LogP contribution in [0.15, 0.2) is 0 Å². The van der Waals surface area contributed by atoms with E-state index in [1.165, 1.54) is 19.0 Å². The Balaban J connectivity index is 3.15. The fourth-order valence-electron chi connectivity index (χ4n) is 1.44. The first-order valence-electron chi connectivity index (χ1n) is 6.14. The average Bonchev–Trinajstić information content (AvgIpc) is 2.62. The third-order valence-electron chi connectivity index (χ3n) is 2.30. The third-order valence-corrected chi connectivity index (χ3v) is 3.44. The largest absolute Gasteiger partial charge is 0.486 e. The predicted octanol–water partition coefficient (Wildman–Crippen LogP) is 2.79. The van der Waals surface area contributed by atoms with Crippen LogP contribution in [0.4, 0.5) is 23.9 Å². The summed E-state index contributed by atoms with van der Waals surface area (Å²) in [6.45, 7) is 2.22. The summed E-state index contributed by atoms with van der Waals surface area (Å²) in [5, 5.41) is 2.33. The number of hydrogen-bond acceptors (Lipinski definition) is 5. The number of thiophene rings is 1. The van der Waals surface area contributed by atoms with Gasteiger partial charge in [0, 0.05) is 14.1 Å². The molecule has 0 atom stereocenters. The summed E-state index contributed by atoms with van der Waals surface area (Å²) < 4.78 is 42.4. The number of alkyl halides is 3. The van der Waals surface area contributed by atoms with E-state index in [1.807, 2.05) is 0 Å². The summed E-state index contributed by atoms with van der Waals surface area (Å²) in [6, 6.07) is 0. The minimum Gasteiger partial charge on any atom is -0.486 e. The van der Waals surface area contributed by atoms with Gasteiger partial charge in [0.2, 0.25) is 0 Å². The van der Waals surface area contributed by atoms with Crippen LogP contribution in [0, 0.1) is 0 Å². The molecule has 0 aliphatic rings. The Kier molecular flexibility index (Phi) is 5.32. The number of carbonyl (C=O) groups excluding carboxylic acids is 1. The number of hydrogen-bond donors (Lipinski definition) is 2. The number of ether oxygens (including phenoxy) is 1. The lowest BCUT2D eigenvalue weighted by molar-refractivity contribution is -0.115. The van der Waals surface area contributed by atoms with Gasteiger partial charge in [0.1, 0.15) is 22.1 Å². The molecule has 0 aliphatic heterocycles. The van der Waals surface area contributed by atoms with Gasteiger partial charge in [-0.1, -0.05) is 0 Å². The maximum atomic E-state index is 12.3. The molecule has 3 N–H and O–H groups in total. The molecule has 0 fully saturated rings. The van der Waals surface area contributed by atoms with Gasteiger partial charge < -0.3 is 20.7 Å². The van der Waals surface area contributed by atoms with Crippen LogP contribution >= 0.6 is 11.3 Å². The Bertz CT molecular complexity index is 513. The number of halogens is 3. The summed E-state index contributed by atoms with van der Waals surface area (Å²) >= 11 is 0.853. The van der Waals surface area contributed by atoms with Crippen molar-refractivity contribution in [3.63, 3.8) is 0 Å². The maximum Gasteiger partial charge on any atom is 0.405 e. The molecular formula is C12H18F3N3O2S. The first kappa shape index (κ1) is 17.4. The average molecular weight is 325 g/mol. The van der Waals surface area contributed by atoms with E-state index in [1.54, 1.807) is 13.8 Å². The van der Waals surface area contributed by atoms with Crippen molar-refractivity contribution >= 4 is 27.9 Å². The number of nitrogens with one attached hydrogen (secondary N) is 1. The van der Waals surface area contributed by atoms with Crippen LogP contribution in [-0.4, -0.2) is 43.7 Å². The van der Waals surface area contributed by atoms with Crippen LogP contribution < -0.4 is 15.8 Å². The van der Waals surface area contributed by atoms with Gasteiger partial charge in [-0.05, 0) is 13.8 Å². The van der Waals surface area contributed by atoms with Crippen molar-refractivity contribution in [1.82, 2.24) is 4.90 Å². The SMILES string of the molecule is CC(C)Oc1c(NCC(F)(F)F)sc(C(=O)N(C)C)c1N. The minimum atomic E-state index is -4.38. The smallest absolute Gasteiger partial charge is 0.405 e. The summed E-state index contributed by atoms with van der Waals surface area (Å²) in [4.78, 5) is 13.4. The van der Waals surface area contributed by atoms with Gasteiger partial charge in [-0.3, -0.25) is 4.79 Å². The highest BCUT2D eigenvalue weighted by molar-refractivity contribution is 7.19. The van der Waals surface area contributed by atoms with Crippen molar-refractivity contribution in [3.8, 4) is 5.75 Å². The lowest BCUT2D eigenvalue weighted by Gasteiger charge is -2.13. The van der Waals surface area contributed by atoms with Gasteiger partial charge in [0.25, 0.3) is 5.91 Å². The Morgan fingerprint density at radius 2 is 2.00 bits per heavy atom. The number of nitrogens with zero attached hydrogens (tertiary/aromatic N) is 1. The molecule has 5 nitrogen and oxygen atoms in total. The summed E-state index contributed by atoms with van der Waals surface area (Å²) in [5.74, 6) is -0.296. The molecule has 21 heavy (non-hydrogen) atoms. The highest BCUT2D eigenvalue weighted by Crippen LogP contribution is 2.43. The first-order valence-corrected chi connectivity index (χ1v) is 6.95. The first-order chi connectivity index (χ1) is 9.53. The summed E-state index contributed by atoms with van der Waals surface area (Å²) in [7, 11) is 3.07. The Morgan fingerprint density at radius 1 is 1.43 bits per heavy atom. The molecule has 0 bridgehead atoms. The topological polar surface area (TPSA) is 67.6 Å². The van der Waals surface area contributed by atoms with E-state index in [4.69, 9.17) is 10.5 Å². The van der Waals surface area contributed by atoms with Crippen molar-refractivity contribution in [2.45, 2.75) is 26.1 Å². The predicted molar refractivity (Wildman–Crippen MR) is 77.1 cm³/mol. The second kappa shape index (κ2) is 6.42. The van der Waals surface area contributed by atoms with E-state index in [9.17, 15) is 18.0 Å². The molecule has 0 radical (unpaired) electrons. The Morgan fingerprint density at radius 3 is 2.43 bits per heavy atom. The van der Waals surface area contributed by atoms with Crippen LogP contribution in [0.1, 0.15) is 23.5 Å². The minimum absolute atomic E-state index is 0.0528. The molecule has 0 aromatic carbocycles. The van der Waals surface area contributed by atoms with E-state index in [2.05, 4.69) is 5.32 Å². The van der Waals surface area contributed by atoms with Crippen molar-refractivity contribution in [1.29, 1.82) is 0 Å². The molecule has 1 heterocycles. The monoisotopic (exact) mass is 325 g/mol. The molecule has 1 aromatic rings. The quantitative estimate of drug-likeness (QED) is 0.873. The number of anilines is 2. The van der Waals surface area contributed by atoms with Gasteiger partial charge in [-0.2, -0.15) is 13.2 Å². The number of carbonyl (C=O) groups is 1. The van der Waals surface area contributed by atoms with Crippen molar-refractivity contribution in [2.24, 2.45) is 0 Å². The maximum absolute atomic E-state index is 12.3. The number of nitrogens with two attached hydrogens (primary N) is 1. The highest BCUT2D eigenvalue weighted by atomic mass is 32.1. The zero-order valence-corrected chi connectivity index (χ0v) is 13.0. The second-order valence-corrected chi connectivity index (χ2v) is 5.86. The fraction of sp³-hybridized carbons (Fsp3) is 0.583. The van der Waals surface area contributed by atoms with E-state index < -0.39 is 12.7 Å². The van der Waals surface area contributed by atoms with E-state index in [-0.39, 0.29) is 33.3 Å². The van der Waals surface area contributed by atoms with E-state index >= 15 is 0 Å². The van der Waals surface area contributed by atoms with Gasteiger partial charge in [-0.15, -0.1) is 11.3 Å². The van der Waals surface area contributed by atoms with Gasteiger partial charge in [-0.25, -0.2) is 0 Å².